The van der Waals surface area contributed by atoms with Gasteiger partial charge in [-0.25, -0.2) is 0 Å². The molecule has 1 atom stereocenters. The van der Waals surface area contributed by atoms with Gasteiger partial charge in [0.25, 0.3) is 0 Å². The molecule has 1 saturated heterocycles. The summed E-state index contributed by atoms with van der Waals surface area (Å²) in [6.45, 7) is 4.69. The molecule has 2 fully saturated rings. The first-order chi connectivity index (χ1) is 11.1. The molecule has 2 aliphatic rings. The minimum atomic E-state index is -0.215. The number of carbonyl (C=O) groups is 2. The molecule has 1 aliphatic heterocycles. The fourth-order valence-electron chi connectivity index (χ4n) is 3.90. The number of aryl methyl sites for hydroxylation is 2. The number of carbonyl (C=O) groups excluding carboxylic acids is 2. The van der Waals surface area contributed by atoms with Crippen LogP contribution in [0, 0.1) is 12.8 Å². The minimum Gasteiger partial charge on any atom is -0.339 e. The van der Waals surface area contributed by atoms with E-state index in [0.29, 0.717) is 19.0 Å². The maximum atomic E-state index is 12.7. The van der Waals surface area contributed by atoms with Crippen LogP contribution in [-0.2, 0) is 16.0 Å². The van der Waals surface area contributed by atoms with Crippen LogP contribution >= 0.6 is 0 Å². The SMILES string of the molecule is CCc1cccc(C)c1NC(=O)[C@@H]1CC(=O)N(C2CCCC2)C1. The van der Waals surface area contributed by atoms with Gasteiger partial charge in [-0.05, 0) is 37.3 Å². The van der Waals surface area contributed by atoms with Crippen LogP contribution in [0.2, 0.25) is 0 Å². The van der Waals surface area contributed by atoms with E-state index in [0.717, 1.165) is 36.1 Å². The third kappa shape index (κ3) is 3.26. The number of para-hydroxylation sites is 1. The molecule has 0 aromatic heterocycles. The van der Waals surface area contributed by atoms with E-state index in [1.165, 1.54) is 12.8 Å². The van der Waals surface area contributed by atoms with Crippen molar-refractivity contribution in [1.29, 1.82) is 0 Å². The summed E-state index contributed by atoms with van der Waals surface area (Å²) in [4.78, 5) is 26.9. The second-order valence-corrected chi connectivity index (χ2v) is 6.84. The van der Waals surface area contributed by atoms with Crippen molar-refractivity contribution in [2.75, 3.05) is 11.9 Å². The van der Waals surface area contributed by atoms with Gasteiger partial charge in [0.15, 0.2) is 0 Å². The number of hydrogen-bond acceptors (Lipinski definition) is 2. The molecule has 124 valence electrons. The largest absolute Gasteiger partial charge is 0.339 e. The van der Waals surface area contributed by atoms with Crippen LogP contribution in [-0.4, -0.2) is 29.3 Å². The summed E-state index contributed by atoms with van der Waals surface area (Å²) in [5, 5.41) is 3.09. The molecule has 1 aromatic carbocycles. The number of nitrogens with zero attached hydrogens (tertiary/aromatic N) is 1. The van der Waals surface area contributed by atoms with Crippen molar-refractivity contribution < 1.29 is 9.59 Å². The Kier molecular flexibility index (Phi) is 4.69. The number of rotatable bonds is 4. The van der Waals surface area contributed by atoms with Gasteiger partial charge in [0.1, 0.15) is 0 Å². The molecule has 23 heavy (non-hydrogen) atoms. The Balaban J connectivity index is 1.69. The van der Waals surface area contributed by atoms with E-state index >= 15 is 0 Å². The van der Waals surface area contributed by atoms with E-state index in [2.05, 4.69) is 12.2 Å². The van der Waals surface area contributed by atoms with Gasteiger partial charge >= 0.3 is 0 Å². The summed E-state index contributed by atoms with van der Waals surface area (Å²) >= 11 is 0. The number of likely N-dealkylation sites (tertiary alicyclic amines) is 1. The number of hydrogen-bond donors (Lipinski definition) is 1. The highest BCUT2D eigenvalue weighted by Gasteiger charge is 2.38. The number of nitrogens with one attached hydrogen (secondary N) is 1. The Morgan fingerprint density at radius 1 is 1.30 bits per heavy atom. The van der Waals surface area contributed by atoms with Crippen molar-refractivity contribution in [1.82, 2.24) is 4.90 Å². The standard InChI is InChI=1S/C19H26N2O2/c1-3-14-8-6-7-13(2)18(14)20-19(23)15-11-17(22)21(12-15)16-9-4-5-10-16/h6-8,15-16H,3-5,9-12H2,1-2H3,(H,20,23)/t15-/m1/s1. The molecular weight excluding hydrogens is 288 g/mol. The number of anilines is 1. The highest BCUT2D eigenvalue weighted by Crippen LogP contribution is 2.30. The predicted molar refractivity (Wildman–Crippen MR) is 91.3 cm³/mol. The third-order valence-electron chi connectivity index (χ3n) is 5.28. The lowest BCUT2D eigenvalue weighted by Crippen LogP contribution is -2.35. The van der Waals surface area contributed by atoms with Gasteiger partial charge in [-0.15, -0.1) is 0 Å². The van der Waals surface area contributed by atoms with E-state index < -0.39 is 0 Å². The number of benzene rings is 1. The monoisotopic (exact) mass is 314 g/mol. The lowest BCUT2D eigenvalue weighted by molar-refractivity contribution is -0.129. The maximum Gasteiger partial charge on any atom is 0.229 e. The minimum absolute atomic E-state index is 0.0113. The van der Waals surface area contributed by atoms with Crippen LogP contribution < -0.4 is 5.32 Å². The van der Waals surface area contributed by atoms with Crippen molar-refractivity contribution >= 4 is 17.5 Å². The van der Waals surface area contributed by atoms with Gasteiger partial charge in [-0.1, -0.05) is 38.0 Å². The van der Waals surface area contributed by atoms with Gasteiger partial charge in [-0.2, -0.15) is 0 Å². The van der Waals surface area contributed by atoms with E-state index in [1.54, 1.807) is 0 Å². The average Bonchev–Trinajstić information content (AvgIpc) is 3.18. The smallest absolute Gasteiger partial charge is 0.229 e. The molecule has 0 bridgehead atoms. The van der Waals surface area contributed by atoms with E-state index in [4.69, 9.17) is 0 Å². The molecule has 4 nitrogen and oxygen atoms in total. The molecule has 1 heterocycles. The van der Waals surface area contributed by atoms with Crippen LogP contribution in [0.5, 0.6) is 0 Å². The maximum absolute atomic E-state index is 12.7. The van der Waals surface area contributed by atoms with Crippen LogP contribution in [0.15, 0.2) is 18.2 Å². The molecule has 1 aromatic rings. The zero-order chi connectivity index (χ0) is 16.4. The molecule has 1 saturated carbocycles. The van der Waals surface area contributed by atoms with Crippen LogP contribution in [0.1, 0.15) is 50.2 Å². The van der Waals surface area contributed by atoms with E-state index in [-0.39, 0.29) is 17.7 Å². The third-order valence-corrected chi connectivity index (χ3v) is 5.28. The second-order valence-electron chi connectivity index (χ2n) is 6.84. The Labute approximate surface area is 138 Å². The fraction of sp³-hybridized carbons (Fsp3) is 0.579. The summed E-state index contributed by atoms with van der Waals surface area (Å²) in [5.74, 6) is -0.0761. The molecule has 0 radical (unpaired) electrons. The van der Waals surface area contributed by atoms with E-state index in [1.807, 2.05) is 30.0 Å². The molecule has 3 rings (SSSR count). The lowest BCUT2D eigenvalue weighted by atomic mass is 10.0. The fourth-order valence-corrected chi connectivity index (χ4v) is 3.90. The Bertz CT molecular complexity index is 605. The van der Waals surface area contributed by atoms with Gasteiger partial charge in [0.05, 0.1) is 5.92 Å². The Morgan fingerprint density at radius 3 is 2.74 bits per heavy atom. The molecule has 1 aliphatic carbocycles. The number of amides is 2. The summed E-state index contributed by atoms with van der Waals surface area (Å²) in [7, 11) is 0. The van der Waals surface area contributed by atoms with Gasteiger partial charge in [0, 0.05) is 24.7 Å². The Morgan fingerprint density at radius 2 is 2.04 bits per heavy atom. The van der Waals surface area contributed by atoms with Gasteiger partial charge in [-0.3, -0.25) is 9.59 Å². The summed E-state index contributed by atoms with van der Waals surface area (Å²) in [5.41, 5.74) is 3.15. The van der Waals surface area contributed by atoms with Gasteiger partial charge in [0.2, 0.25) is 11.8 Å². The normalized spacial score (nSPS) is 21.9. The highest BCUT2D eigenvalue weighted by molar-refractivity contribution is 5.98. The summed E-state index contributed by atoms with van der Waals surface area (Å²) in [6, 6.07) is 6.45. The zero-order valence-electron chi connectivity index (χ0n) is 14.1. The van der Waals surface area contributed by atoms with Crippen molar-refractivity contribution in [3.63, 3.8) is 0 Å². The first kappa shape index (κ1) is 16.0. The highest BCUT2D eigenvalue weighted by atomic mass is 16.2. The first-order valence-corrected chi connectivity index (χ1v) is 8.79. The first-order valence-electron chi connectivity index (χ1n) is 8.79. The average molecular weight is 314 g/mol. The van der Waals surface area contributed by atoms with Crippen LogP contribution in [0.4, 0.5) is 5.69 Å². The molecule has 2 amide bonds. The van der Waals surface area contributed by atoms with Gasteiger partial charge < -0.3 is 10.2 Å². The molecule has 0 spiro atoms. The summed E-state index contributed by atoms with van der Waals surface area (Å²) < 4.78 is 0. The van der Waals surface area contributed by atoms with Crippen molar-refractivity contribution in [2.24, 2.45) is 5.92 Å². The Hall–Kier alpha value is -1.84. The second kappa shape index (κ2) is 6.73. The van der Waals surface area contributed by atoms with E-state index in [9.17, 15) is 9.59 Å². The summed E-state index contributed by atoms with van der Waals surface area (Å²) in [6.07, 6.45) is 5.84. The van der Waals surface area contributed by atoms with Crippen molar-refractivity contribution in [3.05, 3.63) is 29.3 Å². The van der Waals surface area contributed by atoms with Crippen molar-refractivity contribution in [3.8, 4) is 0 Å². The van der Waals surface area contributed by atoms with Crippen molar-refractivity contribution in [2.45, 2.75) is 58.4 Å². The topological polar surface area (TPSA) is 49.4 Å². The molecule has 1 N–H and O–H groups in total. The molecular formula is C19H26N2O2. The van der Waals surface area contributed by atoms with Crippen LogP contribution in [0.25, 0.3) is 0 Å². The van der Waals surface area contributed by atoms with Crippen LogP contribution in [0.3, 0.4) is 0 Å². The quantitative estimate of drug-likeness (QED) is 0.927. The predicted octanol–water partition coefficient (Wildman–Crippen LogP) is 3.29. The lowest BCUT2D eigenvalue weighted by Gasteiger charge is -2.24. The molecule has 0 unspecified atom stereocenters. The zero-order valence-corrected chi connectivity index (χ0v) is 14.1. The molecule has 4 heteroatoms.